The minimum atomic E-state index is -0.640. The summed E-state index contributed by atoms with van der Waals surface area (Å²) in [6.07, 6.45) is 2.96. The first-order valence-corrected chi connectivity index (χ1v) is 8.51. The summed E-state index contributed by atoms with van der Waals surface area (Å²) in [4.78, 5) is 23.8. The second-order valence-corrected chi connectivity index (χ2v) is 6.62. The van der Waals surface area contributed by atoms with Crippen LogP contribution in [0.5, 0.6) is 0 Å². The van der Waals surface area contributed by atoms with E-state index in [1.807, 2.05) is 6.92 Å². The van der Waals surface area contributed by atoms with Crippen molar-refractivity contribution in [2.24, 2.45) is 17.3 Å². The van der Waals surface area contributed by atoms with Gasteiger partial charge < -0.3 is 9.47 Å². The van der Waals surface area contributed by atoms with Crippen molar-refractivity contribution in [3.8, 4) is 6.07 Å². The number of nitriles is 1. The SMILES string of the molecule is CCOC(=O)CC(CC(C)(C#N)CCCC(C)C)C(=O)OCC. The standard InChI is InChI=1S/C18H31NO4/c1-6-22-16(20)11-15(17(21)23-7-2)12-18(5,13-19)10-8-9-14(3)4/h14-15H,6-12H2,1-5H3. The third-order valence-corrected chi connectivity index (χ3v) is 3.82. The van der Waals surface area contributed by atoms with Crippen molar-refractivity contribution in [2.45, 2.75) is 66.7 Å². The normalized spacial score (nSPS) is 14.7. The average Bonchev–Trinajstić information content (AvgIpc) is 2.46. The molecular formula is C18H31NO4. The van der Waals surface area contributed by atoms with Gasteiger partial charge in [0.25, 0.3) is 0 Å². The summed E-state index contributed by atoms with van der Waals surface area (Å²) < 4.78 is 9.99. The van der Waals surface area contributed by atoms with Crippen LogP contribution in [0.2, 0.25) is 0 Å². The van der Waals surface area contributed by atoms with E-state index in [9.17, 15) is 14.9 Å². The van der Waals surface area contributed by atoms with Crippen LogP contribution in [0.25, 0.3) is 0 Å². The lowest BCUT2D eigenvalue weighted by Crippen LogP contribution is -2.28. The summed E-state index contributed by atoms with van der Waals surface area (Å²) >= 11 is 0. The maximum atomic E-state index is 12.1. The molecule has 2 unspecified atom stereocenters. The molecule has 0 saturated carbocycles. The Hall–Kier alpha value is -1.57. The first kappa shape index (κ1) is 21.4. The number of esters is 2. The topological polar surface area (TPSA) is 76.4 Å². The van der Waals surface area contributed by atoms with Gasteiger partial charge in [-0.15, -0.1) is 0 Å². The van der Waals surface area contributed by atoms with Crippen molar-refractivity contribution >= 4 is 11.9 Å². The van der Waals surface area contributed by atoms with Crippen LogP contribution < -0.4 is 0 Å². The van der Waals surface area contributed by atoms with Crippen LogP contribution in [-0.4, -0.2) is 25.2 Å². The molecule has 0 aliphatic heterocycles. The van der Waals surface area contributed by atoms with Crippen LogP contribution in [0.4, 0.5) is 0 Å². The monoisotopic (exact) mass is 325 g/mol. The lowest BCUT2D eigenvalue weighted by atomic mass is 9.77. The number of ether oxygens (including phenoxy) is 2. The number of rotatable bonds is 11. The van der Waals surface area contributed by atoms with E-state index in [4.69, 9.17) is 9.47 Å². The van der Waals surface area contributed by atoms with Gasteiger partial charge in [0.15, 0.2) is 0 Å². The van der Waals surface area contributed by atoms with Crippen LogP contribution in [0.15, 0.2) is 0 Å². The summed E-state index contributed by atoms with van der Waals surface area (Å²) in [7, 11) is 0. The molecular weight excluding hydrogens is 294 g/mol. The third-order valence-electron chi connectivity index (χ3n) is 3.82. The number of carbonyl (C=O) groups excluding carboxylic acids is 2. The first-order valence-electron chi connectivity index (χ1n) is 8.51. The number of hydrogen-bond acceptors (Lipinski definition) is 5. The maximum absolute atomic E-state index is 12.1. The molecule has 2 atom stereocenters. The molecule has 0 aliphatic carbocycles. The highest BCUT2D eigenvalue weighted by Gasteiger charge is 2.34. The van der Waals surface area contributed by atoms with Gasteiger partial charge in [-0.3, -0.25) is 9.59 Å². The zero-order valence-corrected chi connectivity index (χ0v) is 15.2. The summed E-state index contributed by atoms with van der Waals surface area (Å²) in [5.41, 5.74) is -0.640. The molecule has 0 aromatic rings. The van der Waals surface area contributed by atoms with Gasteiger partial charge in [-0.05, 0) is 39.5 Å². The van der Waals surface area contributed by atoms with Gasteiger partial charge in [-0.2, -0.15) is 5.26 Å². The van der Waals surface area contributed by atoms with Gasteiger partial charge in [-0.1, -0.05) is 26.7 Å². The van der Waals surface area contributed by atoms with Crippen LogP contribution in [0.3, 0.4) is 0 Å². The Morgan fingerprint density at radius 1 is 1.17 bits per heavy atom. The summed E-state index contributed by atoms with van der Waals surface area (Å²) in [6.45, 7) is 10.1. The van der Waals surface area contributed by atoms with E-state index in [2.05, 4.69) is 19.9 Å². The fourth-order valence-corrected chi connectivity index (χ4v) is 2.57. The summed E-state index contributed by atoms with van der Waals surface area (Å²) in [6, 6.07) is 2.32. The Kier molecular flexibility index (Phi) is 10.3. The largest absolute Gasteiger partial charge is 0.466 e. The van der Waals surface area contributed by atoms with Crippen LogP contribution in [0, 0.1) is 28.6 Å². The molecule has 5 heteroatoms. The van der Waals surface area contributed by atoms with E-state index >= 15 is 0 Å². The molecule has 132 valence electrons. The molecule has 0 heterocycles. The fourth-order valence-electron chi connectivity index (χ4n) is 2.57. The second-order valence-electron chi connectivity index (χ2n) is 6.62. The fraction of sp³-hybridized carbons (Fsp3) is 0.833. The Bertz CT molecular complexity index is 414. The van der Waals surface area contributed by atoms with Crippen molar-refractivity contribution in [1.29, 1.82) is 5.26 Å². The van der Waals surface area contributed by atoms with Gasteiger partial charge in [-0.25, -0.2) is 0 Å². The van der Waals surface area contributed by atoms with Crippen LogP contribution >= 0.6 is 0 Å². The summed E-state index contributed by atoms with van der Waals surface area (Å²) in [5.74, 6) is -0.894. The molecule has 0 bridgehead atoms. The van der Waals surface area contributed by atoms with Gasteiger partial charge in [0.1, 0.15) is 0 Å². The molecule has 0 amide bonds. The van der Waals surface area contributed by atoms with Crippen molar-refractivity contribution in [2.75, 3.05) is 13.2 Å². The molecule has 0 aromatic carbocycles. The Morgan fingerprint density at radius 2 is 1.78 bits per heavy atom. The predicted molar refractivity (Wildman–Crippen MR) is 88.4 cm³/mol. The van der Waals surface area contributed by atoms with Crippen molar-refractivity contribution in [3.05, 3.63) is 0 Å². The molecule has 0 saturated heterocycles. The zero-order chi connectivity index (χ0) is 17.9. The molecule has 0 spiro atoms. The Morgan fingerprint density at radius 3 is 2.26 bits per heavy atom. The van der Waals surface area contributed by atoms with Gasteiger partial charge >= 0.3 is 11.9 Å². The molecule has 5 nitrogen and oxygen atoms in total. The highest BCUT2D eigenvalue weighted by molar-refractivity contribution is 5.80. The highest BCUT2D eigenvalue weighted by Crippen LogP contribution is 2.33. The smallest absolute Gasteiger partial charge is 0.309 e. The summed E-state index contributed by atoms with van der Waals surface area (Å²) in [5, 5.41) is 9.53. The number of hydrogen-bond donors (Lipinski definition) is 0. The molecule has 0 fully saturated rings. The third kappa shape index (κ3) is 9.22. The van der Waals surface area contributed by atoms with Crippen molar-refractivity contribution < 1.29 is 19.1 Å². The molecule has 0 rings (SSSR count). The van der Waals surface area contributed by atoms with Crippen LogP contribution in [0.1, 0.15) is 66.7 Å². The molecule has 0 N–H and O–H groups in total. The van der Waals surface area contributed by atoms with Crippen molar-refractivity contribution in [1.82, 2.24) is 0 Å². The van der Waals surface area contributed by atoms with Gasteiger partial charge in [0.05, 0.1) is 37.0 Å². The van der Waals surface area contributed by atoms with Gasteiger partial charge in [0, 0.05) is 0 Å². The van der Waals surface area contributed by atoms with E-state index in [0.29, 0.717) is 18.8 Å². The predicted octanol–water partition coefficient (Wildman–Crippen LogP) is 3.87. The first-order chi connectivity index (χ1) is 10.8. The highest BCUT2D eigenvalue weighted by atomic mass is 16.5. The lowest BCUT2D eigenvalue weighted by molar-refractivity contribution is -0.155. The lowest BCUT2D eigenvalue weighted by Gasteiger charge is -2.26. The molecule has 0 radical (unpaired) electrons. The average molecular weight is 325 g/mol. The molecule has 0 aliphatic rings. The Labute approximate surface area is 140 Å². The quantitative estimate of drug-likeness (QED) is 0.539. The van der Waals surface area contributed by atoms with E-state index in [1.54, 1.807) is 13.8 Å². The van der Waals surface area contributed by atoms with E-state index < -0.39 is 23.3 Å². The Balaban J connectivity index is 4.89. The van der Waals surface area contributed by atoms with E-state index in [1.165, 1.54) is 0 Å². The van der Waals surface area contributed by atoms with Gasteiger partial charge in [0.2, 0.25) is 0 Å². The minimum absolute atomic E-state index is 0.0336. The molecule has 23 heavy (non-hydrogen) atoms. The maximum Gasteiger partial charge on any atom is 0.309 e. The zero-order valence-electron chi connectivity index (χ0n) is 15.2. The minimum Gasteiger partial charge on any atom is -0.466 e. The number of carbonyl (C=O) groups is 2. The van der Waals surface area contributed by atoms with E-state index in [0.717, 1.165) is 12.8 Å². The van der Waals surface area contributed by atoms with E-state index in [-0.39, 0.29) is 19.6 Å². The molecule has 0 aromatic heterocycles. The number of nitrogens with zero attached hydrogens (tertiary/aromatic N) is 1. The van der Waals surface area contributed by atoms with Crippen molar-refractivity contribution in [3.63, 3.8) is 0 Å². The second kappa shape index (κ2) is 11.0. The van der Waals surface area contributed by atoms with Crippen LogP contribution in [-0.2, 0) is 19.1 Å².